The SMILES string of the molecule is C=C(S/C=C(\C)C(=P)Nc1ccc(Oc2cccc(F)c2)c(C(F)(F)F)c1N1CCC/C(=C/NC)C1)c1ccnnc1. The Morgan fingerprint density at radius 3 is 2.69 bits per heavy atom. The zero-order valence-electron chi connectivity index (χ0n) is 23.1. The molecule has 3 aromatic rings. The van der Waals surface area contributed by atoms with Crippen molar-refractivity contribution in [2.45, 2.75) is 25.9 Å². The highest BCUT2D eigenvalue weighted by Crippen LogP contribution is 2.48. The molecule has 4 rings (SSSR count). The van der Waals surface area contributed by atoms with E-state index in [0.29, 0.717) is 24.9 Å². The van der Waals surface area contributed by atoms with E-state index in [1.807, 2.05) is 18.5 Å². The van der Waals surface area contributed by atoms with Gasteiger partial charge >= 0.3 is 6.18 Å². The standard InChI is InChI=1S/C30H30F4N5OPS/c1-19(18-42-20(2)22-11-12-36-37-16-22)29(41)38-25-9-10-26(40-24-8-4-7-23(31)14-24)27(30(32,33)34)28(25)39-13-5-6-21(17-39)15-35-3/h4,7-12,14-16,18,35,38,41H,2,5-6,13,17H2,1,3H3/b19-18+,21-15-. The summed E-state index contributed by atoms with van der Waals surface area (Å²) in [4.78, 5) is 2.43. The summed E-state index contributed by atoms with van der Waals surface area (Å²) >= 11 is 1.36. The number of alkyl halides is 3. The topological polar surface area (TPSA) is 62.3 Å². The van der Waals surface area contributed by atoms with Crippen LogP contribution in [0.4, 0.5) is 28.9 Å². The number of benzene rings is 2. The number of halogens is 4. The second-order valence-corrected chi connectivity index (χ2v) is 10.9. The molecule has 2 heterocycles. The zero-order valence-corrected chi connectivity index (χ0v) is 24.9. The van der Waals surface area contributed by atoms with Crippen molar-refractivity contribution in [2.24, 2.45) is 0 Å². The molecule has 0 atom stereocenters. The second-order valence-electron chi connectivity index (χ2n) is 9.48. The van der Waals surface area contributed by atoms with Crippen LogP contribution in [0.25, 0.3) is 4.91 Å². The van der Waals surface area contributed by atoms with Crippen molar-refractivity contribution in [1.82, 2.24) is 15.5 Å². The lowest BCUT2D eigenvalue weighted by Crippen LogP contribution is -2.34. The molecule has 0 unspecified atom stereocenters. The van der Waals surface area contributed by atoms with E-state index in [0.717, 1.165) is 34.1 Å². The summed E-state index contributed by atoms with van der Waals surface area (Å²) in [5.74, 6) is -1.06. The molecule has 0 amide bonds. The minimum Gasteiger partial charge on any atom is -0.457 e. The highest BCUT2D eigenvalue weighted by Gasteiger charge is 2.41. The van der Waals surface area contributed by atoms with Gasteiger partial charge in [-0.1, -0.05) is 33.3 Å². The average molecular weight is 616 g/mol. The molecule has 0 aliphatic carbocycles. The molecule has 1 fully saturated rings. The van der Waals surface area contributed by atoms with E-state index in [1.54, 1.807) is 30.4 Å². The molecule has 2 N–H and O–H groups in total. The van der Waals surface area contributed by atoms with Gasteiger partial charge in [-0.05, 0) is 72.9 Å². The third kappa shape index (κ3) is 7.92. The Morgan fingerprint density at radius 1 is 1.19 bits per heavy atom. The largest absolute Gasteiger partial charge is 0.457 e. The van der Waals surface area contributed by atoms with Crippen molar-refractivity contribution < 1.29 is 22.3 Å². The van der Waals surface area contributed by atoms with Gasteiger partial charge < -0.3 is 20.3 Å². The van der Waals surface area contributed by atoms with Crippen LogP contribution in [0, 0.1) is 5.82 Å². The van der Waals surface area contributed by atoms with Crippen molar-refractivity contribution >= 4 is 42.3 Å². The number of ether oxygens (including phenoxy) is 1. The molecule has 1 saturated heterocycles. The summed E-state index contributed by atoms with van der Waals surface area (Å²) in [5.41, 5.74) is 2.22. The number of anilines is 2. The van der Waals surface area contributed by atoms with Gasteiger partial charge in [0.1, 0.15) is 22.9 Å². The van der Waals surface area contributed by atoms with Gasteiger partial charge in [-0.3, -0.25) is 0 Å². The van der Waals surface area contributed by atoms with Crippen LogP contribution < -0.4 is 20.3 Å². The van der Waals surface area contributed by atoms with Crippen LogP contribution in [0.2, 0.25) is 0 Å². The van der Waals surface area contributed by atoms with Gasteiger partial charge in [0, 0.05) is 36.7 Å². The summed E-state index contributed by atoms with van der Waals surface area (Å²) in [6.45, 7) is 6.57. The van der Waals surface area contributed by atoms with Crippen molar-refractivity contribution in [1.29, 1.82) is 0 Å². The smallest absolute Gasteiger partial charge is 0.422 e. The number of piperidine rings is 1. The fraction of sp³-hybridized carbons (Fsp3) is 0.233. The maximum atomic E-state index is 14.8. The maximum absolute atomic E-state index is 14.8. The third-order valence-corrected chi connectivity index (χ3v) is 7.88. The molecule has 0 radical (unpaired) electrons. The van der Waals surface area contributed by atoms with Crippen LogP contribution in [0.5, 0.6) is 11.5 Å². The van der Waals surface area contributed by atoms with E-state index < -0.39 is 23.3 Å². The molecule has 12 heteroatoms. The highest BCUT2D eigenvalue weighted by atomic mass is 32.2. The van der Waals surface area contributed by atoms with Gasteiger partial charge in [0.15, 0.2) is 0 Å². The number of hydrogen-bond acceptors (Lipinski definition) is 6. The van der Waals surface area contributed by atoms with Crippen molar-refractivity contribution in [3.05, 3.63) is 101 Å². The quantitative estimate of drug-likeness (QED) is 0.176. The molecular formula is C30H30F4N5OPS. The van der Waals surface area contributed by atoms with E-state index >= 15 is 0 Å². The first-order chi connectivity index (χ1) is 20.1. The van der Waals surface area contributed by atoms with Gasteiger partial charge in [0.05, 0.1) is 29.2 Å². The molecule has 1 aromatic heterocycles. The Labute approximate surface area is 248 Å². The van der Waals surface area contributed by atoms with E-state index in [-0.39, 0.29) is 17.1 Å². The average Bonchev–Trinajstić information content (AvgIpc) is 2.96. The number of nitrogens with zero attached hydrogens (tertiary/aromatic N) is 3. The monoisotopic (exact) mass is 615 g/mol. The van der Waals surface area contributed by atoms with Gasteiger partial charge in [-0.2, -0.15) is 23.4 Å². The minimum atomic E-state index is -4.77. The Kier molecular flexibility index (Phi) is 10.3. The summed E-state index contributed by atoms with van der Waals surface area (Å²) in [6.07, 6.45) is 1.65. The van der Waals surface area contributed by atoms with Crippen molar-refractivity contribution in [3.63, 3.8) is 0 Å². The number of rotatable bonds is 10. The summed E-state index contributed by atoms with van der Waals surface area (Å²) in [5, 5.41) is 15.6. The predicted molar refractivity (Wildman–Crippen MR) is 166 cm³/mol. The molecule has 6 nitrogen and oxygen atoms in total. The first kappa shape index (κ1) is 31.1. The molecule has 220 valence electrons. The first-order valence-corrected chi connectivity index (χ1v) is 14.4. The van der Waals surface area contributed by atoms with Gasteiger partial charge in [0.25, 0.3) is 0 Å². The lowest BCUT2D eigenvalue weighted by Gasteiger charge is -2.35. The van der Waals surface area contributed by atoms with Crippen molar-refractivity contribution in [2.75, 3.05) is 30.4 Å². The summed E-state index contributed by atoms with van der Waals surface area (Å²) in [6, 6.07) is 9.62. The Morgan fingerprint density at radius 2 is 2.00 bits per heavy atom. The van der Waals surface area contributed by atoms with Gasteiger partial charge in [0.2, 0.25) is 0 Å². The van der Waals surface area contributed by atoms with Gasteiger partial charge in [-0.25, -0.2) is 4.39 Å². The van der Waals surface area contributed by atoms with Crippen LogP contribution in [0.15, 0.2) is 84.2 Å². The molecule has 0 spiro atoms. The van der Waals surface area contributed by atoms with Crippen LogP contribution in [0.3, 0.4) is 0 Å². The molecule has 0 bridgehead atoms. The number of aromatic nitrogens is 2. The molecule has 1 aliphatic heterocycles. The molecule has 2 aromatic carbocycles. The molecule has 42 heavy (non-hydrogen) atoms. The molecule has 0 saturated carbocycles. The maximum Gasteiger partial charge on any atom is 0.422 e. The number of hydrogen-bond donors (Lipinski definition) is 2. The van der Waals surface area contributed by atoms with Crippen LogP contribution >= 0.6 is 20.6 Å². The van der Waals surface area contributed by atoms with E-state index in [2.05, 4.69) is 36.3 Å². The van der Waals surface area contributed by atoms with Gasteiger partial charge in [-0.15, -0.1) is 0 Å². The van der Waals surface area contributed by atoms with E-state index in [4.69, 9.17) is 4.74 Å². The fourth-order valence-electron chi connectivity index (χ4n) is 4.41. The molecule has 1 aliphatic rings. The van der Waals surface area contributed by atoms with Crippen LogP contribution in [-0.4, -0.2) is 35.8 Å². The minimum absolute atomic E-state index is 0.0330. The Bertz CT molecular complexity index is 1510. The fourth-order valence-corrected chi connectivity index (χ4v) is 5.41. The van der Waals surface area contributed by atoms with E-state index in [9.17, 15) is 17.6 Å². The predicted octanol–water partition coefficient (Wildman–Crippen LogP) is 8.12. The van der Waals surface area contributed by atoms with Crippen LogP contribution in [0.1, 0.15) is 30.9 Å². The lowest BCUT2D eigenvalue weighted by molar-refractivity contribution is -0.138. The first-order valence-electron chi connectivity index (χ1n) is 13.0. The lowest BCUT2D eigenvalue weighted by atomic mass is 10.0. The Balaban J connectivity index is 1.72. The Hall–Kier alpha value is -3.82. The summed E-state index contributed by atoms with van der Waals surface area (Å²) < 4.78 is 64.0. The normalized spacial score (nSPS) is 15.0. The second kappa shape index (κ2) is 13.9. The number of thioether (sulfide) groups is 1. The zero-order chi connectivity index (χ0) is 30.3. The van der Waals surface area contributed by atoms with E-state index in [1.165, 1.54) is 42.1 Å². The number of nitrogens with one attached hydrogen (secondary N) is 2. The van der Waals surface area contributed by atoms with Crippen molar-refractivity contribution in [3.8, 4) is 11.5 Å². The molecular weight excluding hydrogens is 585 g/mol. The van der Waals surface area contributed by atoms with Crippen LogP contribution in [-0.2, 0) is 6.18 Å². The highest BCUT2D eigenvalue weighted by molar-refractivity contribution is 8.10. The summed E-state index contributed by atoms with van der Waals surface area (Å²) in [7, 11) is 5.33. The third-order valence-electron chi connectivity index (χ3n) is 6.37.